The lowest BCUT2D eigenvalue weighted by Crippen LogP contribution is -2.57. The van der Waals surface area contributed by atoms with Gasteiger partial charge in [0.25, 0.3) is 0 Å². The molecule has 1 atom stereocenters. The van der Waals surface area contributed by atoms with Crippen LogP contribution < -0.4 is 9.39 Å². The number of nitrogens with zero attached hydrogens (tertiary/aromatic N) is 1. The number of hydrogen-bond donors (Lipinski definition) is 3. The average Bonchev–Trinajstić information content (AvgIpc) is 2.49. The zero-order valence-electron chi connectivity index (χ0n) is 13.7. The van der Waals surface area contributed by atoms with Crippen LogP contribution in [0.1, 0.15) is 22.3 Å². The number of carboxylic acid groups (broad SMARTS) is 1. The first-order valence-corrected chi connectivity index (χ1v) is 8.99. The van der Waals surface area contributed by atoms with Crippen LogP contribution in [0.2, 0.25) is 0 Å². The fourth-order valence-electron chi connectivity index (χ4n) is 2.91. The largest absolute Gasteiger partial charge is 0.669 e. The van der Waals surface area contributed by atoms with Crippen molar-refractivity contribution in [2.45, 2.75) is 18.0 Å². The molecule has 10 heteroatoms. The molecule has 3 rings (SSSR count). The molecular weight excluding hydrogens is 349 g/mol. The van der Waals surface area contributed by atoms with E-state index in [0.717, 1.165) is 31.3 Å². The Morgan fingerprint density at radius 2 is 2.12 bits per heavy atom. The van der Waals surface area contributed by atoms with Gasteiger partial charge in [-0.2, -0.15) is 11.8 Å². The molecule has 1 amide bonds. The molecule has 1 aromatic carbocycles. The normalized spacial score (nSPS) is 20.9. The summed E-state index contributed by atoms with van der Waals surface area (Å²) in [6, 6.07) is 3.14. The summed E-state index contributed by atoms with van der Waals surface area (Å²) in [5, 5.41) is 29.2. The minimum Gasteiger partial charge on any atom is -0.669 e. The van der Waals surface area contributed by atoms with Crippen molar-refractivity contribution < 1.29 is 34.1 Å². The highest BCUT2D eigenvalue weighted by atomic mass is 32.2. The highest BCUT2D eigenvalue weighted by molar-refractivity contribution is 8.02. The van der Waals surface area contributed by atoms with E-state index in [4.69, 9.17) is 9.39 Å². The second kappa shape index (κ2) is 6.78. The van der Waals surface area contributed by atoms with E-state index in [0.29, 0.717) is 5.56 Å². The Kier molecular flexibility index (Phi) is 4.85. The average molecular weight is 368 g/mol. The fourth-order valence-corrected chi connectivity index (χ4v) is 4.06. The minimum atomic E-state index is -3.31. The van der Waals surface area contributed by atoms with E-state index < -0.39 is 17.9 Å². The van der Waals surface area contributed by atoms with Crippen molar-refractivity contribution in [3.05, 3.63) is 23.3 Å². The van der Waals surface area contributed by atoms with Gasteiger partial charge in [0.1, 0.15) is 11.3 Å². The van der Waals surface area contributed by atoms with Crippen molar-refractivity contribution in [1.29, 1.82) is 0 Å². The number of ether oxygens (including phenoxy) is 1. The van der Waals surface area contributed by atoms with Gasteiger partial charge in [-0.15, -0.1) is 0 Å². The van der Waals surface area contributed by atoms with E-state index >= 15 is 0 Å². The standard InChI is InChI=1S/C15H19BNO7S/c1-23-10-4-3-9-7-11(25-8-12(18)17-5-2-6-17)16(21,22)24-14(9)13(10)15(19)20/h3-4,11,21-22H,2,5-8H2,1H3,(H,19,20)/q-1/t11-/m0/s1. The second-order valence-corrected chi connectivity index (χ2v) is 7.33. The molecule has 0 saturated carbocycles. The van der Waals surface area contributed by atoms with E-state index in [1.165, 1.54) is 13.2 Å². The molecule has 1 aromatic rings. The van der Waals surface area contributed by atoms with Crippen LogP contribution in [0.15, 0.2) is 12.1 Å². The molecule has 8 nitrogen and oxygen atoms in total. The van der Waals surface area contributed by atoms with Gasteiger partial charge in [0, 0.05) is 13.1 Å². The SMILES string of the molecule is COc1ccc2c(c1C(=O)O)O[B-](O)(O)[C@@H](SCC(=O)N1CCC1)C2. The second-order valence-electron chi connectivity index (χ2n) is 6.10. The van der Waals surface area contributed by atoms with Gasteiger partial charge in [0.2, 0.25) is 5.91 Å². The van der Waals surface area contributed by atoms with Crippen LogP contribution in [0.5, 0.6) is 11.5 Å². The number of likely N-dealkylation sites (tertiary alicyclic amines) is 1. The highest BCUT2D eigenvalue weighted by Gasteiger charge is 2.41. The molecule has 0 bridgehead atoms. The number of fused-ring (bicyclic) bond motifs is 1. The van der Waals surface area contributed by atoms with Gasteiger partial charge in [-0.1, -0.05) is 6.07 Å². The number of carboxylic acids is 1. The number of thioether (sulfide) groups is 1. The van der Waals surface area contributed by atoms with Crippen molar-refractivity contribution in [2.75, 3.05) is 26.0 Å². The summed E-state index contributed by atoms with van der Waals surface area (Å²) < 4.78 is 10.3. The lowest BCUT2D eigenvalue weighted by Gasteiger charge is -2.43. The predicted octanol–water partition coefficient (Wildman–Crippen LogP) is 0.125. The maximum absolute atomic E-state index is 12.0. The number of methoxy groups -OCH3 is 1. The summed E-state index contributed by atoms with van der Waals surface area (Å²) in [4.78, 5) is 25.2. The Morgan fingerprint density at radius 1 is 1.40 bits per heavy atom. The molecule has 2 aliphatic rings. The van der Waals surface area contributed by atoms with Crippen LogP contribution in [0.25, 0.3) is 0 Å². The summed E-state index contributed by atoms with van der Waals surface area (Å²) >= 11 is 1.11. The monoisotopic (exact) mass is 368 g/mol. The Labute approximate surface area is 148 Å². The molecule has 0 aromatic heterocycles. The maximum Gasteiger partial charge on any atom is 0.443 e. The van der Waals surface area contributed by atoms with Gasteiger partial charge in [0.15, 0.2) is 0 Å². The van der Waals surface area contributed by atoms with Gasteiger partial charge in [-0.05, 0) is 29.6 Å². The van der Waals surface area contributed by atoms with Crippen LogP contribution in [0, 0.1) is 0 Å². The van der Waals surface area contributed by atoms with Crippen molar-refractivity contribution in [2.24, 2.45) is 0 Å². The topological polar surface area (TPSA) is 117 Å². The molecule has 2 heterocycles. The van der Waals surface area contributed by atoms with E-state index in [-0.39, 0.29) is 35.1 Å². The van der Waals surface area contributed by atoms with Crippen LogP contribution in [-0.2, 0) is 11.2 Å². The number of carbonyl (C=O) groups excluding carboxylic acids is 1. The Balaban J connectivity index is 1.81. The molecule has 2 aliphatic heterocycles. The third-order valence-electron chi connectivity index (χ3n) is 4.46. The maximum atomic E-state index is 12.0. The van der Waals surface area contributed by atoms with Crippen LogP contribution >= 0.6 is 11.8 Å². The molecule has 136 valence electrons. The van der Waals surface area contributed by atoms with E-state index in [9.17, 15) is 24.7 Å². The lowest BCUT2D eigenvalue weighted by molar-refractivity contribution is -0.131. The minimum absolute atomic E-state index is 0.0467. The first-order valence-electron chi connectivity index (χ1n) is 7.94. The number of aromatic carboxylic acids is 1. The molecule has 0 radical (unpaired) electrons. The zero-order chi connectivity index (χ0) is 18.2. The summed E-state index contributed by atoms with van der Waals surface area (Å²) in [5.41, 5.74) is 0.294. The Morgan fingerprint density at radius 3 is 2.68 bits per heavy atom. The van der Waals surface area contributed by atoms with Crippen molar-refractivity contribution in [1.82, 2.24) is 4.90 Å². The summed E-state index contributed by atoms with van der Waals surface area (Å²) in [6.45, 7) is -1.84. The number of hydrogen-bond acceptors (Lipinski definition) is 7. The number of rotatable bonds is 5. The lowest BCUT2D eigenvalue weighted by atomic mass is 9.69. The summed E-state index contributed by atoms with van der Waals surface area (Å²) in [6.07, 6.45) is 1.18. The number of benzene rings is 1. The van der Waals surface area contributed by atoms with E-state index in [2.05, 4.69) is 0 Å². The van der Waals surface area contributed by atoms with E-state index in [1.54, 1.807) is 11.0 Å². The zero-order valence-corrected chi connectivity index (χ0v) is 14.5. The Bertz CT molecular complexity index is 707. The smallest absolute Gasteiger partial charge is 0.443 e. The van der Waals surface area contributed by atoms with Crippen LogP contribution in [-0.4, -0.2) is 69.8 Å². The number of carbonyl (C=O) groups is 2. The molecule has 1 saturated heterocycles. The fraction of sp³-hybridized carbons (Fsp3) is 0.467. The van der Waals surface area contributed by atoms with Gasteiger partial charge < -0.3 is 29.4 Å². The molecule has 0 unspecified atom stereocenters. The third kappa shape index (κ3) is 3.42. The van der Waals surface area contributed by atoms with Gasteiger partial charge in [-0.3, -0.25) is 4.79 Å². The molecule has 25 heavy (non-hydrogen) atoms. The van der Waals surface area contributed by atoms with E-state index in [1.807, 2.05) is 0 Å². The highest BCUT2D eigenvalue weighted by Crippen LogP contribution is 2.40. The van der Waals surface area contributed by atoms with Crippen LogP contribution in [0.3, 0.4) is 0 Å². The van der Waals surface area contributed by atoms with Gasteiger partial charge in [0.05, 0.1) is 18.6 Å². The molecule has 0 spiro atoms. The van der Waals surface area contributed by atoms with Gasteiger partial charge >= 0.3 is 12.7 Å². The first kappa shape index (κ1) is 17.9. The molecule has 3 N–H and O–H groups in total. The summed E-state index contributed by atoms with van der Waals surface area (Å²) in [7, 11) is 1.33. The third-order valence-corrected chi connectivity index (χ3v) is 5.82. The van der Waals surface area contributed by atoms with Gasteiger partial charge in [-0.25, -0.2) is 4.79 Å². The molecule has 1 fully saturated rings. The molecular formula is C15H19BNO7S-. The quantitative estimate of drug-likeness (QED) is 0.628. The number of amides is 1. The predicted molar refractivity (Wildman–Crippen MR) is 91.9 cm³/mol. The van der Waals surface area contributed by atoms with Crippen molar-refractivity contribution in [3.8, 4) is 11.5 Å². The first-order chi connectivity index (χ1) is 11.8. The van der Waals surface area contributed by atoms with Crippen molar-refractivity contribution >= 4 is 30.4 Å². The Hall–Kier alpha value is -1.91. The van der Waals surface area contributed by atoms with Crippen molar-refractivity contribution in [3.63, 3.8) is 0 Å². The van der Waals surface area contributed by atoms with Crippen LogP contribution in [0.4, 0.5) is 0 Å². The summed E-state index contributed by atoms with van der Waals surface area (Å²) in [5.74, 6) is -1.22. The molecule has 0 aliphatic carbocycles.